The molecule has 1 aliphatic heterocycles. The van der Waals surface area contributed by atoms with Crippen molar-refractivity contribution >= 4 is 17.5 Å². The standard InChI is InChI=1S/C29H29FN2O3/c1-31(2)26(33)19-32-17-23(28(34)20-11-5-3-6-12-20)27(22-15-9-10-16-25(22)30)24(18-32)29(35)21-13-7-4-8-14-21/h3-16,23-24,27H,17-19H2,1-2H3. The molecule has 2 atom stereocenters. The van der Waals surface area contributed by atoms with Gasteiger partial charge < -0.3 is 4.90 Å². The van der Waals surface area contributed by atoms with Gasteiger partial charge in [0.2, 0.25) is 5.91 Å². The Hall–Kier alpha value is -3.64. The summed E-state index contributed by atoms with van der Waals surface area (Å²) in [4.78, 5) is 43.5. The van der Waals surface area contributed by atoms with E-state index >= 15 is 4.39 Å². The van der Waals surface area contributed by atoms with Gasteiger partial charge in [-0.15, -0.1) is 0 Å². The maximum Gasteiger partial charge on any atom is 0.236 e. The largest absolute Gasteiger partial charge is 0.348 e. The molecule has 0 saturated carbocycles. The van der Waals surface area contributed by atoms with Crippen LogP contribution in [0.4, 0.5) is 4.39 Å². The molecule has 0 bridgehead atoms. The van der Waals surface area contributed by atoms with E-state index in [-0.39, 0.29) is 37.1 Å². The van der Waals surface area contributed by atoms with Gasteiger partial charge in [-0.2, -0.15) is 0 Å². The highest BCUT2D eigenvalue weighted by Gasteiger charge is 2.46. The SMILES string of the molecule is CN(C)C(=O)CN1CC(C(=O)c2ccccc2)C(c2ccccc2F)C(C(=O)c2ccccc2)C1. The minimum atomic E-state index is -0.698. The van der Waals surface area contributed by atoms with E-state index in [1.54, 1.807) is 80.8 Å². The fraction of sp³-hybridized carbons (Fsp3) is 0.276. The Morgan fingerprint density at radius 2 is 1.23 bits per heavy atom. The van der Waals surface area contributed by atoms with Gasteiger partial charge in [-0.05, 0) is 11.6 Å². The average Bonchev–Trinajstić information content (AvgIpc) is 2.88. The normalized spacial score (nSPS) is 20.3. The first-order valence-electron chi connectivity index (χ1n) is 11.7. The van der Waals surface area contributed by atoms with Crippen molar-refractivity contribution in [2.45, 2.75) is 5.92 Å². The number of halogens is 1. The molecule has 1 heterocycles. The summed E-state index contributed by atoms with van der Waals surface area (Å²) in [6.07, 6.45) is 0. The molecule has 1 amide bonds. The lowest BCUT2D eigenvalue weighted by Crippen LogP contribution is -2.52. The predicted molar refractivity (Wildman–Crippen MR) is 133 cm³/mol. The second kappa shape index (κ2) is 10.7. The first-order chi connectivity index (χ1) is 16.9. The molecular formula is C29H29FN2O3. The minimum Gasteiger partial charge on any atom is -0.348 e. The molecule has 6 heteroatoms. The molecule has 180 valence electrons. The number of hydrogen-bond acceptors (Lipinski definition) is 4. The topological polar surface area (TPSA) is 57.7 Å². The van der Waals surface area contributed by atoms with Crippen molar-refractivity contribution in [1.82, 2.24) is 9.80 Å². The van der Waals surface area contributed by atoms with Crippen LogP contribution in [-0.4, -0.2) is 61.0 Å². The molecule has 1 aliphatic rings. The molecule has 0 N–H and O–H groups in total. The number of carbonyl (C=O) groups is 3. The molecule has 0 aromatic heterocycles. The van der Waals surface area contributed by atoms with Gasteiger partial charge in [0.05, 0.1) is 6.54 Å². The summed E-state index contributed by atoms with van der Waals surface area (Å²) in [6.45, 7) is 0.587. The van der Waals surface area contributed by atoms with Crippen LogP contribution in [0.2, 0.25) is 0 Å². The summed E-state index contributed by atoms with van der Waals surface area (Å²) in [5, 5.41) is 0. The summed E-state index contributed by atoms with van der Waals surface area (Å²) in [5.74, 6) is -2.94. The van der Waals surface area contributed by atoms with E-state index in [9.17, 15) is 14.4 Å². The average molecular weight is 473 g/mol. The predicted octanol–water partition coefficient (Wildman–Crippen LogP) is 4.31. The van der Waals surface area contributed by atoms with E-state index in [0.29, 0.717) is 16.7 Å². The van der Waals surface area contributed by atoms with Crippen LogP contribution in [0.3, 0.4) is 0 Å². The van der Waals surface area contributed by atoms with E-state index in [1.807, 2.05) is 17.0 Å². The quantitative estimate of drug-likeness (QED) is 0.481. The van der Waals surface area contributed by atoms with Crippen LogP contribution in [0.25, 0.3) is 0 Å². The molecule has 5 nitrogen and oxygen atoms in total. The van der Waals surface area contributed by atoms with Crippen molar-refractivity contribution in [2.75, 3.05) is 33.7 Å². The zero-order chi connectivity index (χ0) is 24.9. The van der Waals surface area contributed by atoms with Crippen molar-refractivity contribution < 1.29 is 18.8 Å². The lowest BCUT2D eigenvalue weighted by molar-refractivity contribution is -0.130. The third-order valence-electron chi connectivity index (χ3n) is 6.69. The van der Waals surface area contributed by atoms with E-state index in [0.717, 1.165) is 0 Å². The van der Waals surface area contributed by atoms with Crippen LogP contribution in [0.5, 0.6) is 0 Å². The lowest BCUT2D eigenvalue weighted by Gasteiger charge is -2.43. The summed E-state index contributed by atoms with van der Waals surface area (Å²) in [6, 6.07) is 24.1. The van der Waals surface area contributed by atoms with Gasteiger partial charge in [0, 0.05) is 56.1 Å². The van der Waals surface area contributed by atoms with Crippen LogP contribution in [-0.2, 0) is 4.79 Å². The van der Waals surface area contributed by atoms with Crippen molar-refractivity contribution in [3.63, 3.8) is 0 Å². The fourth-order valence-corrected chi connectivity index (χ4v) is 4.90. The fourth-order valence-electron chi connectivity index (χ4n) is 4.90. The number of piperidine rings is 1. The van der Waals surface area contributed by atoms with Crippen molar-refractivity contribution in [1.29, 1.82) is 0 Å². The van der Waals surface area contributed by atoms with Crippen LogP contribution in [0.1, 0.15) is 32.2 Å². The molecule has 1 saturated heterocycles. The first-order valence-corrected chi connectivity index (χ1v) is 11.7. The molecular weight excluding hydrogens is 443 g/mol. The Morgan fingerprint density at radius 3 is 1.69 bits per heavy atom. The van der Waals surface area contributed by atoms with E-state index in [2.05, 4.69) is 0 Å². The number of Topliss-reactive ketones (excluding diaryl/α,β-unsaturated/α-hetero) is 2. The van der Waals surface area contributed by atoms with Crippen LogP contribution in [0, 0.1) is 17.7 Å². The number of rotatable bonds is 7. The molecule has 4 rings (SSSR count). The molecule has 0 aliphatic carbocycles. The van der Waals surface area contributed by atoms with Gasteiger partial charge in [0.1, 0.15) is 5.82 Å². The zero-order valence-corrected chi connectivity index (χ0v) is 19.9. The number of likely N-dealkylation sites (N-methyl/N-ethyl adjacent to an activating group) is 1. The van der Waals surface area contributed by atoms with Gasteiger partial charge in [-0.25, -0.2) is 4.39 Å². The molecule has 3 aromatic rings. The Morgan fingerprint density at radius 1 is 0.771 bits per heavy atom. The number of ketones is 2. The lowest BCUT2D eigenvalue weighted by atomic mass is 9.68. The first kappa shape index (κ1) is 24.5. The molecule has 3 aromatic carbocycles. The summed E-state index contributed by atoms with van der Waals surface area (Å²) < 4.78 is 15.2. The highest BCUT2D eigenvalue weighted by Crippen LogP contribution is 2.41. The summed E-state index contributed by atoms with van der Waals surface area (Å²) >= 11 is 0. The maximum absolute atomic E-state index is 15.2. The third-order valence-corrected chi connectivity index (χ3v) is 6.69. The number of amides is 1. The van der Waals surface area contributed by atoms with Crippen molar-refractivity contribution in [2.24, 2.45) is 11.8 Å². The number of nitrogens with zero attached hydrogens (tertiary/aromatic N) is 2. The van der Waals surface area contributed by atoms with Gasteiger partial charge in [0.25, 0.3) is 0 Å². The van der Waals surface area contributed by atoms with E-state index in [4.69, 9.17) is 0 Å². The van der Waals surface area contributed by atoms with Crippen molar-refractivity contribution in [3.8, 4) is 0 Å². The third kappa shape index (κ3) is 5.38. The van der Waals surface area contributed by atoms with Gasteiger partial charge in [0.15, 0.2) is 11.6 Å². The number of benzene rings is 3. The molecule has 2 unspecified atom stereocenters. The molecule has 1 fully saturated rings. The maximum atomic E-state index is 15.2. The van der Waals surface area contributed by atoms with Crippen LogP contribution < -0.4 is 0 Å². The minimum absolute atomic E-state index is 0.0775. The number of hydrogen-bond donors (Lipinski definition) is 0. The number of carbonyl (C=O) groups excluding carboxylic acids is 3. The Kier molecular flexibility index (Phi) is 7.51. The highest BCUT2D eigenvalue weighted by molar-refractivity contribution is 6.02. The van der Waals surface area contributed by atoms with Crippen LogP contribution >= 0.6 is 0 Å². The van der Waals surface area contributed by atoms with Crippen molar-refractivity contribution in [3.05, 3.63) is 107 Å². The Labute approximate surface area is 205 Å². The van der Waals surface area contributed by atoms with Gasteiger partial charge >= 0.3 is 0 Å². The molecule has 35 heavy (non-hydrogen) atoms. The van der Waals surface area contributed by atoms with E-state index in [1.165, 1.54) is 11.0 Å². The highest BCUT2D eigenvalue weighted by atomic mass is 19.1. The number of likely N-dealkylation sites (tertiary alicyclic amines) is 1. The van der Waals surface area contributed by atoms with Crippen LogP contribution in [0.15, 0.2) is 84.9 Å². The Bertz CT molecular complexity index is 1140. The summed E-state index contributed by atoms with van der Waals surface area (Å²) in [7, 11) is 3.35. The zero-order valence-electron chi connectivity index (χ0n) is 19.9. The molecule has 0 radical (unpaired) electrons. The summed E-state index contributed by atoms with van der Waals surface area (Å²) in [5.41, 5.74) is 1.37. The van der Waals surface area contributed by atoms with E-state index < -0.39 is 23.6 Å². The van der Waals surface area contributed by atoms with Gasteiger partial charge in [-0.1, -0.05) is 78.9 Å². The second-order valence-electron chi connectivity index (χ2n) is 9.20. The van der Waals surface area contributed by atoms with Gasteiger partial charge in [-0.3, -0.25) is 19.3 Å². The Balaban J connectivity index is 1.82. The molecule has 0 spiro atoms. The smallest absolute Gasteiger partial charge is 0.236 e. The second-order valence-corrected chi connectivity index (χ2v) is 9.20. The monoisotopic (exact) mass is 472 g/mol.